The van der Waals surface area contributed by atoms with Crippen molar-refractivity contribution >= 4 is 29.4 Å². The normalized spacial score (nSPS) is 12.0. The molecule has 1 aromatic heterocycles. The number of ether oxygens (including phenoxy) is 1. The average molecular weight is 477 g/mol. The molecular weight excluding hydrogens is 440 g/mol. The first-order chi connectivity index (χ1) is 16.0. The lowest BCUT2D eigenvalue weighted by Crippen LogP contribution is -2.43. The van der Waals surface area contributed by atoms with Crippen molar-refractivity contribution in [1.82, 2.24) is 15.2 Å². The van der Waals surface area contributed by atoms with Crippen LogP contribution in [0.3, 0.4) is 0 Å². The summed E-state index contributed by atoms with van der Waals surface area (Å²) in [6.07, 6.45) is 5.40. The highest BCUT2D eigenvalue weighted by Crippen LogP contribution is 2.06. The number of pyridine rings is 1. The molecule has 0 fully saturated rings. The van der Waals surface area contributed by atoms with Gasteiger partial charge < -0.3 is 25.3 Å². The Balaban J connectivity index is 2.79. The minimum absolute atomic E-state index is 0.00566. The quantitative estimate of drug-likeness (QED) is 0.293. The van der Waals surface area contributed by atoms with E-state index >= 15 is 0 Å². The Morgan fingerprint density at radius 2 is 1.82 bits per heavy atom. The van der Waals surface area contributed by atoms with E-state index in [0.29, 0.717) is 18.9 Å². The SMILES string of the molecule is CC(=O)N[C@@H](CC/C=C/C(=O)OC(C)C)C(=O)Nc1cccn(CC(=O)NCCC(C)C)c1=O. The number of amides is 3. The predicted molar refractivity (Wildman–Crippen MR) is 129 cm³/mol. The van der Waals surface area contributed by atoms with Gasteiger partial charge in [-0.05, 0) is 51.2 Å². The van der Waals surface area contributed by atoms with Crippen molar-refractivity contribution in [1.29, 1.82) is 0 Å². The lowest BCUT2D eigenvalue weighted by atomic mass is 10.1. The summed E-state index contributed by atoms with van der Waals surface area (Å²) in [6, 6.07) is 2.06. The monoisotopic (exact) mass is 476 g/mol. The van der Waals surface area contributed by atoms with Gasteiger partial charge in [-0.2, -0.15) is 0 Å². The van der Waals surface area contributed by atoms with E-state index in [1.807, 2.05) is 13.8 Å². The fourth-order valence-corrected chi connectivity index (χ4v) is 2.92. The van der Waals surface area contributed by atoms with E-state index in [1.54, 1.807) is 26.0 Å². The van der Waals surface area contributed by atoms with Crippen LogP contribution in [0.5, 0.6) is 0 Å². The van der Waals surface area contributed by atoms with Crippen molar-refractivity contribution in [2.75, 3.05) is 11.9 Å². The molecule has 1 rings (SSSR count). The molecule has 0 aliphatic carbocycles. The van der Waals surface area contributed by atoms with Gasteiger partial charge in [0.25, 0.3) is 5.56 Å². The smallest absolute Gasteiger partial charge is 0.330 e. The Hall–Kier alpha value is -3.43. The van der Waals surface area contributed by atoms with Crippen LogP contribution in [0.25, 0.3) is 0 Å². The van der Waals surface area contributed by atoms with E-state index in [0.717, 1.165) is 6.42 Å². The lowest BCUT2D eigenvalue weighted by molar-refractivity contribution is -0.141. The molecule has 10 nitrogen and oxygen atoms in total. The van der Waals surface area contributed by atoms with Gasteiger partial charge in [0.2, 0.25) is 17.7 Å². The molecule has 0 bridgehead atoms. The topological polar surface area (TPSA) is 136 Å². The van der Waals surface area contributed by atoms with Crippen molar-refractivity contribution in [3.63, 3.8) is 0 Å². The molecule has 1 aromatic rings. The van der Waals surface area contributed by atoms with E-state index in [-0.39, 0.29) is 30.7 Å². The number of aromatic nitrogens is 1. The number of carbonyl (C=O) groups excluding carboxylic acids is 4. The van der Waals surface area contributed by atoms with Crippen LogP contribution in [0.4, 0.5) is 5.69 Å². The second kappa shape index (κ2) is 14.7. The highest BCUT2D eigenvalue weighted by Gasteiger charge is 2.20. The summed E-state index contributed by atoms with van der Waals surface area (Å²) in [4.78, 5) is 60.7. The van der Waals surface area contributed by atoms with Gasteiger partial charge in [0.1, 0.15) is 18.3 Å². The standard InChI is InChI=1S/C24H36N4O6/c1-16(2)12-13-25-21(30)15-28-14-8-10-20(24(28)33)27-23(32)19(26-18(5)29)9-6-7-11-22(31)34-17(3)4/h7-8,10-11,14,16-17,19H,6,9,12-13,15H2,1-5H3,(H,25,30)(H,26,29)(H,27,32)/b11-7+/t19-/m0/s1. The van der Waals surface area contributed by atoms with E-state index in [2.05, 4.69) is 16.0 Å². The zero-order valence-electron chi connectivity index (χ0n) is 20.6. The lowest BCUT2D eigenvalue weighted by Gasteiger charge is -2.17. The third kappa shape index (κ3) is 11.4. The second-order valence-electron chi connectivity index (χ2n) is 8.60. The first-order valence-corrected chi connectivity index (χ1v) is 11.4. The van der Waals surface area contributed by atoms with Crippen LogP contribution in [0.2, 0.25) is 0 Å². The maximum Gasteiger partial charge on any atom is 0.330 e. The van der Waals surface area contributed by atoms with Crippen LogP contribution in [0.1, 0.15) is 53.9 Å². The molecule has 1 heterocycles. The molecule has 3 amide bonds. The van der Waals surface area contributed by atoms with Crippen molar-refractivity contribution in [3.05, 3.63) is 40.8 Å². The number of anilines is 1. The van der Waals surface area contributed by atoms with E-state index in [9.17, 15) is 24.0 Å². The number of carbonyl (C=O) groups is 4. The van der Waals surface area contributed by atoms with Crippen molar-refractivity contribution < 1.29 is 23.9 Å². The second-order valence-corrected chi connectivity index (χ2v) is 8.60. The number of rotatable bonds is 13. The number of nitrogens with one attached hydrogen (secondary N) is 3. The Bertz CT molecular complexity index is 936. The summed E-state index contributed by atoms with van der Waals surface area (Å²) in [5, 5.41) is 7.84. The van der Waals surface area contributed by atoms with E-state index in [1.165, 1.54) is 29.8 Å². The molecule has 10 heteroatoms. The summed E-state index contributed by atoms with van der Waals surface area (Å²) < 4.78 is 6.20. The maximum atomic E-state index is 12.7. The Kier molecular flexibility index (Phi) is 12.3. The maximum absolute atomic E-state index is 12.7. The summed E-state index contributed by atoms with van der Waals surface area (Å²) in [7, 11) is 0. The molecule has 34 heavy (non-hydrogen) atoms. The minimum Gasteiger partial charge on any atom is -0.460 e. The van der Waals surface area contributed by atoms with E-state index < -0.39 is 29.4 Å². The number of hydrogen-bond donors (Lipinski definition) is 3. The minimum atomic E-state index is -0.921. The molecule has 0 saturated heterocycles. The van der Waals surface area contributed by atoms with Crippen LogP contribution in [-0.2, 0) is 30.5 Å². The molecule has 0 spiro atoms. The highest BCUT2D eigenvalue weighted by atomic mass is 16.5. The highest BCUT2D eigenvalue weighted by molar-refractivity contribution is 5.96. The Labute approximate surface area is 200 Å². The Morgan fingerprint density at radius 1 is 1.12 bits per heavy atom. The van der Waals surface area contributed by atoms with Gasteiger partial charge in [-0.3, -0.25) is 19.2 Å². The largest absolute Gasteiger partial charge is 0.460 e. The molecule has 0 radical (unpaired) electrons. The van der Waals surface area contributed by atoms with Crippen LogP contribution < -0.4 is 21.5 Å². The molecule has 0 aliphatic heterocycles. The van der Waals surface area contributed by atoms with Crippen molar-refractivity contribution in [3.8, 4) is 0 Å². The van der Waals surface area contributed by atoms with Gasteiger partial charge in [-0.15, -0.1) is 0 Å². The first kappa shape index (κ1) is 28.6. The summed E-state index contributed by atoms with van der Waals surface area (Å²) >= 11 is 0. The molecule has 1 atom stereocenters. The van der Waals surface area contributed by atoms with Gasteiger partial charge in [-0.1, -0.05) is 19.9 Å². The van der Waals surface area contributed by atoms with Gasteiger partial charge in [0.15, 0.2) is 0 Å². The van der Waals surface area contributed by atoms with Crippen LogP contribution >= 0.6 is 0 Å². The molecule has 0 aliphatic rings. The number of allylic oxidation sites excluding steroid dienone is 1. The third-order valence-electron chi connectivity index (χ3n) is 4.56. The van der Waals surface area contributed by atoms with Crippen molar-refractivity contribution in [2.24, 2.45) is 5.92 Å². The molecule has 3 N–H and O–H groups in total. The average Bonchev–Trinajstić information content (AvgIpc) is 2.72. The van der Waals surface area contributed by atoms with Crippen LogP contribution in [0.15, 0.2) is 35.3 Å². The fraction of sp³-hybridized carbons (Fsp3) is 0.542. The molecule has 0 aromatic carbocycles. The van der Waals surface area contributed by atoms with Crippen LogP contribution in [-0.4, -0.2) is 46.9 Å². The molecule has 0 unspecified atom stereocenters. The zero-order chi connectivity index (χ0) is 25.7. The number of nitrogens with zero attached hydrogens (tertiary/aromatic N) is 1. The molecule has 0 saturated carbocycles. The van der Waals surface area contributed by atoms with E-state index in [4.69, 9.17) is 4.74 Å². The van der Waals surface area contributed by atoms with Crippen molar-refractivity contribution in [2.45, 2.75) is 72.6 Å². The zero-order valence-corrected chi connectivity index (χ0v) is 20.6. The predicted octanol–water partition coefficient (Wildman–Crippen LogP) is 1.74. The van der Waals surface area contributed by atoms with Gasteiger partial charge >= 0.3 is 5.97 Å². The van der Waals surface area contributed by atoms with Crippen LogP contribution in [0, 0.1) is 5.92 Å². The number of esters is 1. The Morgan fingerprint density at radius 3 is 2.44 bits per heavy atom. The van der Waals surface area contributed by atoms with Gasteiger partial charge in [0.05, 0.1) is 6.10 Å². The summed E-state index contributed by atoms with van der Waals surface area (Å²) in [5.74, 6) is -1.34. The van der Waals surface area contributed by atoms with Gasteiger partial charge in [-0.25, -0.2) is 4.79 Å². The van der Waals surface area contributed by atoms with Gasteiger partial charge in [0, 0.05) is 25.7 Å². The molecule has 188 valence electrons. The fourth-order valence-electron chi connectivity index (χ4n) is 2.92. The summed E-state index contributed by atoms with van der Waals surface area (Å²) in [6.45, 7) is 9.20. The number of hydrogen-bond acceptors (Lipinski definition) is 6. The summed E-state index contributed by atoms with van der Waals surface area (Å²) in [5.41, 5.74) is -0.540. The molecular formula is C24H36N4O6. The third-order valence-corrected chi connectivity index (χ3v) is 4.56. The first-order valence-electron chi connectivity index (χ1n) is 11.4.